The molecule has 0 aromatic carbocycles. The summed E-state index contributed by atoms with van der Waals surface area (Å²) in [7, 11) is 5.65. The molecule has 1 atom stereocenters. The maximum absolute atomic E-state index is 12.4. The molecular formula is C20H34N6O2. The van der Waals surface area contributed by atoms with Crippen LogP contribution in [0, 0.1) is 5.92 Å². The monoisotopic (exact) mass is 390 g/mol. The highest BCUT2D eigenvalue weighted by atomic mass is 16.5. The molecule has 3 rings (SSSR count). The summed E-state index contributed by atoms with van der Waals surface area (Å²) in [5, 5.41) is 3.00. The average Bonchev–Trinajstić information content (AvgIpc) is 2.74. The van der Waals surface area contributed by atoms with Crippen molar-refractivity contribution in [3.8, 4) is 0 Å². The molecule has 2 fully saturated rings. The molecule has 2 saturated heterocycles. The molecule has 2 aliphatic rings. The van der Waals surface area contributed by atoms with Gasteiger partial charge in [0.1, 0.15) is 18.0 Å². The maximum atomic E-state index is 12.4. The molecule has 1 unspecified atom stereocenters. The second-order valence-corrected chi connectivity index (χ2v) is 7.96. The standard InChI is InChI=1S/C20H34N6O2/c1-24(2)18-13-19(23-15-22-18)25-10-6-17(7-11-25)26-9-4-5-16(14-26)20(27)21-8-12-28-3/h13,15-17H,4-12,14H2,1-3H3,(H,21,27). The normalized spacial score (nSPS) is 21.5. The van der Waals surface area contributed by atoms with E-state index >= 15 is 0 Å². The number of rotatable bonds is 7. The van der Waals surface area contributed by atoms with Crippen molar-refractivity contribution in [3.63, 3.8) is 0 Å². The zero-order valence-corrected chi connectivity index (χ0v) is 17.4. The van der Waals surface area contributed by atoms with Crippen molar-refractivity contribution >= 4 is 17.5 Å². The van der Waals surface area contributed by atoms with Gasteiger partial charge in [-0.05, 0) is 32.2 Å². The Morgan fingerprint density at radius 1 is 1.25 bits per heavy atom. The van der Waals surface area contributed by atoms with Crippen LogP contribution in [0.3, 0.4) is 0 Å². The molecule has 1 aromatic rings. The van der Waals surface area contributed by atoms with Crippen LogP contribution in [-0.2, 0) is 9.53 Å². The van der Waals surface area contributed by atoms with Crippen LogP contribution in [0.1, 0.15) is 25.7 Å². The number of nitrogens with zero attached hydrogens (tertiary/aromatic N) is 5. The molecular weight excluding hydrogens is 356 g/mol. The lowest BCUT2D eigenvalue weighted by atomic mass is 9.93. The minimum Gasteiger partial charge on any atom is -0.383 e. The number of anilines is 2. The smallest absolute Gasteiger partial charge is 0.224 e. The molecule has 1 aromatic heterocycles. The molecule has 156 valence electrons. The fourth-order valence-corrected chi connectivity index (χ4v) is 4.19. The molecule has 0 radical (unpaired) electrons. The minimum atomic E-state index is 0.105. The average molecular weight is 391 g/mol. The van der Waals surface area contributed by atoms with E-state index in [-0.39, 0.29) is 11.8 Å². The summed E-state index contributed by atoms with van der Waals surface area (Å²) < 4.78 is 5.02. The lowest BCUT2D eigenvalue weighted by Crippen LogP contribution is -2.51. The van der Waals surface area contributed by atoms with E-state index in [1.54, 1.807) is 13.4 Å². The summed E-state index contributed by atoms with van der Waals surface area (Å²) in [6.45, 7) is 5.13. The second-order valence-electron chi connectivity index (χ2n) is 7.96. The first-order valence-electron chi connectivity index (χ1n) is 10.3. The number of hydrogen-bond donors (Lipinski definition) is 1. The molecule has 1 N–H and O–H groups in total. The van der Waals surface area contributed by atoms with Crippen LogP contribution in [0.2, 0.25) is 0 Å². The predicted molar refractivity (Wildman–Crippen MR) is 111 cm³/mol. The van der Waals surface area contributed by atoms with Crippen LogP contribution in [0.5, 0.6) is 0 Å². The van der Waals surface area contributed by atoms with Crippen molar-refractivity contribution in [3.05, 3.63) is 12.4 Å². The van der Waals surface area contributed by atoms with Gasteiger partial charge in [0.25, 0.3) is 0 Å². The molecule has 3 heterocycles. The van der Waals surface area contributed by atoms with Crippen molar-refractivity contribution in [2.75, 3.05) is 70.3 Å². The summed E-state index contributed by atoms with van der Waals surface area (Å²) in [6, 6.07) is 2.61. The SMILES string of the molecule is COCCNC(=O)C1CCCN(C2CCN(c3cc(N(C)C)ncn3)CC2)C1. The van der Waals surface area contributed by atoms with Gasteiger partial charge in [-0.15, -0.1) is 0 Å². The molecule has 0 bridgehead atoms. The fraction of sp³-hybridized carbons (Fsp3) is 0.750. The third-order valence-corrected chi connectivity index (χ3v) is 5.83. The topological polar surface area (TPSA) is 73.8 Å². The van der Waals surface area contributed by atoms with Crippen LogP contribution in [-0.4, -0.2) is 87.4 Å². The summed E-state index contributed by atoms with van der Waals surface area (Å²) in [6.07, 6.45) is 5.95. The molecule has 0 saturated carbocycles. The molecule has 2 aliphatic heterocycles. The Bertz CT molecular complexity index is 633. The molecule has 0 spiro atoms. The van der Waals surface area contributed by atoms with E-state index in [1.807, 2.05) is 19.0 Å². The van der Waals surface area contributed by atoms with Gasteiger partial charge in [-0.3, -0.25) is 9.69 Å². The summed E-state index contributed by atoms with van der Waals surface area (Å²) >= 11 is 0. The van der Waals surface area contributed by atoms with E-state index in [0.717, 1.165) is 63.5 Å². The van der Waals surface area contributed by atoms with Gasteiger partial charge in [0.2, 0.25) is 5.91 Å². The molecule has 28 heavy (non-hydrogen) atoms. The van der Waals surface area contributed by atoms with E-state index < -0.39 is 0 Å². The van der Waals surface area contributed by atoms with Gasteiger partial charge in [-0.1, -0.05) is 0 Å². The van der Waals surface area contributed by atoms with Gasteiger partial charge in [0.05, 0.1) is 12.5 Å². The lowest BCUT2D eigenvalue weighted by molar-refractivity contribution is -0.127. The first-order valence-corrected chi connectivity index (χ1v) is 10.3. The maximum Gasteiger partial charge on any atom is 0.224 e. The third-order valence-electron chi connectivity index (χ3n) is 5.83. The number of piperidine rings is 2. The zero-order valence-electron chi connectivity index (χ0n) is 17.4. The summed E-state index contributed by atoms with van der Waals surface area (Å²) in [4.78, 5) is 28.1. The highest BCUT2D eigenvalue weighted by Crippen LogP contribution is 2.26. The minimum absolute atomic E-state index is 0.105. The van der Waals surface area contributed by atoms with E-state index in [2.05, 4.69) is 31.2 Å². The Morgan fingerprint density at radius 3 is 2.75 bits per heavy atom. The van der Waals surface area contributed by atoms with Gasteiger partial charge in [0.15, 0.2) is 0 Å². The van der Waals surface area contributed by atoms with Gasteiger partial charge in [-0.2, -0.15) is 0 Å². The molecule has 8 nitrogen and oxygen atoms in total. The van der Waals surface area contributed by atoms with Gasteiger partial charge < -0.3 is 19.9 Å². The lowest BCUT2D eigenvalue weighted by Gasteiger charge is -2.42. The Kier molecular flexibility index (Phi) is 7.44. The molecule has 0 aliphatic carbocycles. The van der Waals surface area contributed by atoms with Crippen molar-refractivity contribution in [1.29, 1.82) is 0 Å². The van der Waals surface area contributed by atoms with Crippen molar-refractivity contribution in [2.45, 2.75) is 31.7 Å². The Labute approximate surface area is 168 Å². The highest BCUT2D eigenvalue weighted by Gasteiger charge is 2.31. The summed E-state index contributed by atoms with van der Waals surface area (Å²) in [5.74, 6) is 2.22. The number of amides is 1. The van der Waals surface area contributed by atoms with Gasteiger partial charge in [-0.25, -0.2) is 9.97 Å². The van der Waals surface area contributed by atoms with E-state index in [9.17, 15) is 4.79 Å². The Balaban J connectivity index is 1.50. The van der Waals surface area contributed by atoms with E-state index in [0.29, 0.717) is 19.2 Å². The van der Waals surface area contributed by atoms with Crippen LogP contribution in [0.15, 0.2) is 12.4 Å². The number of carbonyl (C=O) groups is 1. The van der Waals surface area contributed by atoms with Crippen molar-refractivity contribution in [2.24, 2.45) is 5.92 Å². The van der Waals surface area contributed by atoms with E-state index in [4.69, 9.17) is 4.74 Å². The second kappa shape index (κ2) is 10.0. The highest BCUT2D eigenvalue weighted by molar-refractivity contribution is 5.78. The fourth-order valence-electron chi connectivity index (χ4n) is 4.19. The Hall–Kier alpha value is -1.93. The number of carbonyl (C=O) groups excluding carboxylic acids is 1. The predicted octanol–water partition coefficient (Wildman–Crippen LogP) is 0.986. The van der Waals surface area contributed by atoms with Crippen LogP contribution in [0.25, 0.3) is 0 Å². The van der Waals surface area contributed by atoms with Crippen LogP contribution >= 0.6 is 0 Å². The van der Waals surface area contributed by atoms with Crippen molar-refractivity contribution < 1.29 is 9.53 Å². The molecule has 8 heteroatoms. The summed E-state index contributed by atoms with van der Waals surface area (Å²) in [5.41, 5.74) is 0. The third kappa shape index (κ3) is 5.32. The first-order chi connectivity index (χ1) is 13.6. The number of nitrogens with one attached hydrogen (secondary N) is 1. The largest absolute Gasteiger partial charge is 0.383 e. The van der Waals surface area contributed by atoms with Gasteiger partial charge in [0, 0.05) is 59.5 Å². The van der Waals surface area contributed by atoms with Gasteiger partial charge >= 0.3 is 0 Å². The first kappa shape index (κ1) is 20.8. The number of likely N-dealkylation sites (tertiary alicyclic amines) is 1. The quantitative estimate of drug-likeness (QED) is 0.696. The zero-order chi connectivity index (χ0) is 19.9. The number of hydrogen-bond acceptors (Lipinski definition) is 7. The Morgan fingerprint density at radius 2 is 2.04 bits per heavy atom. The van der Waals surface area contributed by atoms with Crippen LogP contribution in [0.4, 0.5) is 11.6 Å². The number of aromatic nitrogens is 2. The number of methoxy groups -OCH3 is 1. The van der Waals surface area contributed by atoms with Crippen LogP contribution < -0.4 is 15.1 Å². The van der Waals surface area contributed by atoms with E-state index in [1.165, 1.54) is 0 Å². The molecule has 1 amide bonds. The number of ether oxygens (including phenoxy) is 1. The van der Waals surface area contributed by atoms with Crippen molar-refractivity contribution in [1.82, 2.24) is 20.2 Å².